The summed E-state index contributed by atoms with van der Waals surface area (Å²) in [4.78, 5) is 17.1. The van der Waals surface area contributed by atoms with Gasteiger partial charge in [-0.3, -0.25) is 9.89 Å². The summed E-state index contributed by atoms with van der Waals surface area (Å²) in [5, 5.41) is 9.91. The molecule has 0 saturated carbocycles. The maximum absolute atomic E-state index is 12.5. The number of carbonyl (C=O) groups is 1. The lowest BCUT2D eigenvalue weighted by atomic mass is 10.1. The van der Waals surface area contributed by atoms with E-state index in [1.807, 2.05) is 32.9 Å². The van der Waals surface area contributed by atoms with Crippen LogP contribution < -0.4 is 5.32 Å². The van der Waals surface area contributed by atoms with Gasteiger partial charge in [0.05, 0.1) is 16.3 Å². The summed E-state index contributed by atoms with van der Waals surface area (Å²) in [6.45, 7) is 5.90. The number of aromatic amines is 1. The molecule has 3 rings (SSSR count). The predicted octanol–water partition coefficient (Wildman–Crippen LogP) is 3.71. The van der Waals surface area contributed by atoms with Gasteiger partial charge in [0, 0.05) is 17.9 Å². The van der Waals surface area contributed by atoms with Gasteiger partial charge in [0.2, 0.25) is 5.91 Å². The summed E-state index contributed by atoms with van der Waals surface area (Å²) < 4.78 is 24.9. The number of rotatable bonds is 7. The number of H-pyrrole nitrogens is 1. The summed E-state index contributed by atoms with van der Waals surface area (Å²) in [5.74, 6) is 0.794. The lowest BCUT2D eigenvalue weighted by Crippen LogP contribution is -2.18. The molecule has 2 aromatic carbocycles. The van der Waals surface area contributed by atoms with Crippen molar-refractivity contribution in [2.45, 2.75) is 38.0 Å². The van der Waals surface area contributed by atoms with Gasteiger partial charge < -0.3 is 5.32 Å². The highest BCUT2D eigenvalue weighted by molar-refractivity contribution is 7.91. The van der Waals surface area contributed by atoms with Gasteiger partial charge in [-0.2, -0.15) is 5.10 Å². The Morgan fingerprint density at radius 2 is 1.79 bits per heavy atom. The normalized spacial score (nSPS) is 11.6. The molecule has 0 bridgehead atoms. The molecule has 0 aliphatic heterocycles. The van der Waals surface area contributed by atoms with E-state index in [0.717, 1.165) is 11.4 Å². The molecule has 0 unspecified atom stereocenters. The van der Waals surface area contributed by atoms with Gasteiger partial charge in [-0.15, -0.1) is 0 Å². The van der Waals surface area contributed by atoms with Gasteiger partial charge in [-0.1, -0.05) is 43.7 Å². The molecule has 0 spiro atoms. The molecule has 0 aliphatic carbocycles. The molecule has 1 heterocycles. The smallest absolute Gasteiger partial charge is 0.225 e. The number of amides is 1. The molecular weight excluding hydrogens is 388 g/mol. The number of para-hydroxylation sites is 1. The van der Waals surface area contributed by atoms with E-state index in [1.54, 1.807) is 36.4 Å². The average Bonchev–Trinajstić information content (AvgIpc) is 3.18. The Morgan fingerprint density at radius 3 is 2.45 bits per heavy atom. The van der Waals surface area contributed by atoms with Crippen molar-refractivity contribution in [3.8, 4) is 11.4 Å². The van der Waals surface area contributed by atoms with Crippen LogP contribution in [-0.4, -0.2) is 35.3 Å². The predicted molar refractivity (Wildman–Crippen MR) is 112 cm³/mol. The monoisotopic (exact) mass is 412 g/mol. The number of aryl methyl sites for hydroxylation is 1. The van der Waals surface area contributed by atoms with Crippen molar-refractivity contribution in [3.63, 3.8) is 0 Å². The van der Waals surface area contributed by atoms with E-state index in [9.17, 15) is 13.2 Å². The number of nitrogens with zero attached hydrogens (tertiary/aromatic N) is 2. The molecule has 8 heteroatoms. The summed E-state index contributed by atoms with van der Waals surface area (Å²) in [6.07, 6.45) is -0.143. The summed E-state index contributed by atoms with van der Waals surface area (Å²) in [7, 11) is -3.52. The van der Waals surface area contributed by atoms with Gasteiger partial charge in [0.25, 0.3) is 0 Å². The van der Waals surface area contributed by atoms with Crippen LogP contribution >= 0.6 is 0 Å². The van der Waals surface area contributed by atoms with E-state index in [1.165, 1.54) is 0 Å². The van der Waals surface area contributed by atoms with E-state index >= 15 is 0 Å². The highest BCUT2D eigenvalue weighted by Crippen LogP contribution is 2.26. The van der Waals surface area contributed by atoms with Crippen LogP contribution in [0, 0.1) is 6.92 Å². The van der Waals surface area contributed by atoms with E-state index in [-0.39, 0.29) is 28.9 Å². The van der Waals surface area contributed by atoms with Gasteiger partial charge in [0.15, 0.2) is 15.7 Å². The van der Waals surface area contributed by atoms with Crippen LogP contribution in [0.3, 0.4) is 0 Å². The van der Waals surface area contributed by atoms with E-state index in [4.69, 9.17) is 0 Å². The van der Waals surface area contributed by atoms with Crippen molar-refractivity contribution >= 4 is 21.4 Å². The average molecular weight is 413 g/mol. The number of nitrogens with one attached hydrogen (secondary N) is 2. The molecule has 2 N–H and O–H groups in total. The first-order valence-corrected chi connectivity index (χ1v) is 11.0. The Bertz CT molecular complexity index is 1100. The maximum atomic E-state index is 12.5. The van der Waals surface area contributed by atoms with Crippen molar-refractivity contribution in [1.82, 2.24) is 15.2 Å². The van der Waals surface area contributed by atoms with Crippen molar-refractivity contribution in [2.24, 2.45) is 0 Å². The number of anilines is 1. The minimum atomic E-state index is -3.52. The lowest BCUT2D eigenvalue weighted by molar-refractivity contribution is -0.115. The highest BCUT2D eigenvalue weighted by atomic mass is 32.2. The van der Waals surface area contributed by atoms with Crippen LogP contribution in [0.25, 0.3) is 11.4 Å². The first kappa shape index (κ1) is 20.7. The molecule has 0 fully saturated rings. The molecule has 152 valence electrons. The zero-order valence-corrected chi connectivity index (χ0v) is 17.5. The van der Waals surface area contributed by atoms with Gasteiger partial charge in [-0.25, -0.2) is 13.4 Å². The first-order chi connectivity index (χ1) is 13.8. The molecule has 0 atom stereocenters. The van der Waals surface area contributed by atoms with Gasteiger partial charge >= 0.3 is 0 Å². The summed E-state index contributed by atoms with van der Waals surface area (Å²) >= 11 is 0. The van der Waals surface area contributed by atoms with E-state index in [2.05, 4.69) is 20.5 Å². The molecular formula is C21H24N4O3S. The van der Waals surface area contributed by atoms with Crippen molar-refractivity contribution in [2.75, 3.05) is 11.1 Å². The first-order valence-electron chi connectivity index (χ1n) is 9.37. The van der Waals surface area contributed by atoms with Crippen LogP contribution in [0.15, 0.2) is 53.4 Å². The Balaban J connectivity index is 1.70. The van der Waals surface area contributed by atoms with Crippen LogP contribution in [-0.2, 0) is 14.6 Å². The number of sulfone groups is 1. The van der Waals surface area contributed by atoms with Crippen molar-refractivity contribution in [1.29, 1.82) is 0 Å². The molecule has 1 amide bonds. The quantitative estimate of drug-likeness (QED) is 0.615. The Labute approximate surface area is 170 Å². The van der Waals surface area contributed by atoms with Crippen LogP contribution in [0.4, 0.5) is 5.69 Å². The van der Waals surface area contributed by atoms with Crippen molar-refractivity contribution in [3.05, 3.63) is 59.9 Å². The minimum absolute atomic E-state index is 0.143. The summed E-state index contributed by atoms with van der Waals surface area (Å²) in [5.41, 5.74) is 2.19. The Morgan fingerprint density at radius 1 is 1.10 bits per heavy atom. The minimum Gasteiger partial charge on any atom is -0.325 e. The second kappa shape index (κ2) is 8.57. The number of benzene rings is 2. The third kappa shape index (κ3) is 5.08. The molecule has 29 heavy (non-hydrogen) atoms. The topological polar surface area (TPSA) is 105 Å². The van der Waals surface area contributed by atoms with Crippen LogP contribution in [0.1, 0.15) is 37.6 Å². The fraction of sp³-hybridized carbons (Fsp3) is 0.286. The molecule has 7 nitrogen and oxygen atoms in total. The van der Waals surface area contributed by atoms with Gasteiger partial charge in [-0.05, 0) is 31.2 Å². The Hall–Kier alpha value is -3.00. The lowest BCUT2D eigenvalue weighted by Gasteiger charge is -2.09. The molecule has 1 aromatic heterocycles. The van der Waals surface area contributed by atoms with E-state index in [0.29, 0.717) is 17.1 Å². The maximum Gasteiger partial charge on any atom is 0.225 e. The van der Waals surface area contributed by atoms with Crippen LogP contribution in [0.5, 0.6) is 0 Å². The third-order valence-corrected chi connectivity index (χ3v) is 6.20. The molecule has 0 radical (unpaired) electrons. The second-order valence-electron chi connectivity index (χ2n) is 7.17. The second-order valence-corrected chi connectivity index (χ2v) is 9.28. The number of hydrogen-bond donors (Lipinski definition) is 2. The highest BCUT2D eigenvalue weighted by Gasteiger charge is 2.18. The summed E-state index contributed by atoms with van der Waals surface area (Å²) in [6, 6.07) is 13.8. The molecule has 0 aliphatic rings. The largest absolute Gasteiger partial charge is 0.325 e. The number of hydrogen-bond acceptors (Lipinski definition) is 5. The fourth-order valence-corrected chi connectivity index (χ4v) is 3.98. The fourth-order valence-electron chi connectivity index (χ4n) is 2.74. The van der Waals surface area contributed by atoms with Crippen molar-refractivity contribution < 1.29 is 13.2 Å². The molecule has 3 aromatic rings. The SMILES string of the molecule is Cc1ccc(S(=O)(=O)CCC(=O)Nc2ccccc2-c2n[nH]c(C(C)C)n2)cc1. The number of aromatic nitrogens is 3. The van der Waals surface area contributed by atoms with Crippen LogP contribution in [0.2, 0.25) is 0 Å². The molecule has 0 saturated heterocycles. The standard InChI is InChI=1S/C21H24N4O3S/c1-14(2)20-23-21(25-24-20)17-6-4-5-7-18(17)22-19(26)12-13-29(27,28)16-10-8-15(3)9-11-16/h4-11,14H,12-13H2,1-3H3,(H,22,26)(H,23,24,25). The number of carbonyl (C=O) groups excluding carboxylic acids is 1. The van der Waals surface area contributed by atoms with E-state index < -0.39 is 9.84 Å². The zero-order chi connectivity index (χ0) is 21.0. The third-order valence-electron chi connectivity index (χ3n) is 4.47. The zero-order valence-electron chi connectivity index (χ0n) is 16.6. The van der Waals surface area contributed by atoms with Gasteiger partial charge in [0.1, 0.15) is 5.82 Å². The Kier molecular flexibility index (Phi) is 6.12.